The fourth-order valence-electron chi connectivity index (χ4n) is 3.11. The first kappa shape index (κ1) is 17.5. The largest absolute Gasteiger partial charge is 0.370 e. The monoisotopic (exact) mass is 336 g/mol. The van der Waals surface area contributed by atoms with Crippen molar-refractivity contribution in [2.24, 2.45) is 0 Å². The second-order valence-electron chi connectivity index (χ2n) is 6.84. The Morgan fingerprint density at radius 3 is 2.60 bits per heavy atom. The molecule has 1 heterocycles. The molecule has 0 bridgehead atoms. The van der Waals surface area contributed by atoms with Gasteiger partial charge in [0.05, 0.1) is 0 Å². The molecule has 1 aromatic heterocycles. The van der Waals surface area contributed by atoms with Gasteiger partial charge in [-0.1, -0.05) is 41.5 Å². The highest BCUT2D eigenvalue weighted by Crippen LogP contribution is 2.20. The molecule has 0 saturated heterocycles. The predicted molar refractivity (Wildman–Crippen MR) is 105 cm³/mol. The molecule has 132 valence electrons. The quantitative estimate of drug-likeness (QED) is 0.698. The number of anilines is 2. The van der Waals surface area contributed by atoms with Crippen LogP contribution in [0.1, 0.15) is 48.9 Å². The summed E-state index contributed by atoms with van der Waals surface area (Å²) >= 11 is 0. The lowest BCUT2D eigenvalue weighted by atomic mass is 9.97. The van der Waals surface area contributed by atoms with Gasteiger partial charge in [0.2, 0.25) is 5.95 Å². The van der Waals surface area contributed by atoms with Gasteiger partial charge in [-0.25, -0.2) is 4.98 Å². The Labute approximate surface area is 150 Å². The lowest BCUT2D eigenvalue weighted by molar-refractivity contribution is 0.679. The van der Waals surface area contributed by atoms with E-state index in [1.165, 1.54) is 36.8 Å². The van der Waals surface area contributed by atoms with Crippen molar-refractivity contribution in [1.29, 1.82) is 0 Å². The number of nitrogens with zero attached hydrogens (tertiary/aromatic N) is 2. The van der Waals surface area contributed by atoms with Crippen LogP contribution < -0.4 is 10.6 Å². The van der Waals surface area contributed by atoms with Crippen molar-refractivity contribution < 1.29 is 0 Å². The third-order valence-corrected chi connectivity index (χ3v) is 4.56. The van der Waals surface area contributed by atoms with Crippen LogP contribution in [0.15, 0.2) is 42.0 Å². The molecule has 2 N–H and O–H groups in total. The van der Waals surface area contributed by atoms with E-state index < -0.39 is 0 Å². The van der Waals surface area contributed by atoms with Crippen LogP contribution in [-0.4, -0.2) is 16.5 Å². The first-order chi connectivity index (χ1) is 12.2. The molecule has 2 aromatic rings. The molecule has 1 aromatic carbocycles. The highest BCUT2D eigenvalue weighted by Gasteiger charge is 2.05. The third kappa shape index (κ3) is 5.59. The van der Waals surface area contributed by atoms with E-state index in [1.54, 1.807) is 5.57 Å². The minimum Gasteiger partial charge on any atom is -0.370 e. The van der Waals surface area contributed by atoms with Crippen molar-refractivity contribution in [3.8, 4) is 0 Å². The molecule has 0 atom stereocenters. The minimum absolute atomic E-state index is 0.681. The fraction of sp³-hybridized carbons (Fsp3) is 0.429. The Bertz CT molecular complexity index is 719. The van der Waals surface area contributed by atoms with E-state index in [2.05, 4.69) is 57.9 Å². The molecule has 0 fully saturated rings. The van der Waals surface area contributed by atoms with Gasteiger partial charge in [0.25, 0.3) is 0 Å². The van der Waals surface area contributed by atoms with Crippen molar-refractivity contribution in [3.63, 3.8) is 0 Å². The van der Waals surface area contributed by atoms with Gasteiger partial charge >= 0.3 is 0 Å². The van der Waals surface area contributed by atoms with Gasteiger partial charge in [-0.3, -0.25) is 0 Å². The van der Waals surface area contributed by atoms with E-state index in [1.807, 2.05) is 13.0 Å². The summed E-state index contributed by atoms with van der Waals surface area (Å²) in [6.45, 7) is 5.77. The zero-order chi connectivity index (χ0) is 17.5. The lowest BCUT2D eigenvalue weighted by Gasteiger charge is -2.14. The maximum Gasteiger partial charge on any atom is 0.225 e. The van der Waals surface area contributed by atoms with Crippen LogP contribution in [0.4, 0.5) is 11.8 Å². The summed E-state index contributed by atoms with van der Waals surface area (Å²) < 4.78 is 0. The van der Waals surface area contributed by atoms with Crippen molar-refractivity contribution >= 4 is 11.8 Å². The summed E-state index contributed by atoms with van der Waals surface area (Å²) in [7, 11) is 0. The highest BCUT2D eigenvalue weighted by atomic mass is 15.1. The lowest BCUT2D eigenvalue weighted by Crippen LogP contribution is -2.09. The van der Waals surface area contributed by atoms with Crippen molar-refractivity contribution in [2.75, 3.05) is 17.2 Å². The fourth-order valence-corrected chi connectivity index (χ4v) is 3.11. The smallest absolute Gasteiger partial charge is 0.225 e. The Morgan fingerprint density at radius 2 is 1.84 bits per heavy atom. The average molecular weight is 336 g/mol. The van der Waals surface area contributed by atoms with Gasteiger partial charge in [-0.05, 0) is 51.5 Å². The minimum atomic E-state index is 0.681. The second-order valence-corrected chi connectivity index (χ2v) is 6.84. The SMILES string of the molecule is Cc1ccc(CNc2nc(C)cc(NCCC3=CCCCC3)n2)cc1. The van der Waals surface area contributed by atoms with E-state index in [0.717, 1.165) is 31.0 Å². The Balaban J connectivity index is 1.54. The molecule has 4 heteroatoms. The topological polar surface area (TPSA) is 49.8 Å². The molecule has 3 rings (SSSR count). The molecule has 0 radical (unpaired) electrons. The van der Waals surface area contributed by atoms with Gasteiger partial charge in [0.1, 0.15) is 5.82 Å². The average Bonchev–Trinajstić information content (AvgIpc) is 2.62. The number of allylic oxidation sites excluding steroid dienone is 1. The van der Waals surface area contributed by atoms with Crippen LogP contribution in [0.25, 0.3) is 0 Å². The molecule has 1 aliphatic rings. The van der Waals surface area contributed by atoms with Gasteiger partial charge < -0.3 is 10.6 Å². The normalized spacial score (nSPS) is 14.1. The standard InChI is InChI=1S/C21H28N4/c1-16-8-10-19(11-9-16)15-23-21-24-17(2)14-20(25-21)22-13-12-18-6-4-3-5-7-18/h6,8-11,14H,3-5,7,12-13,15H2,1-2H3,(H2,22,23,24,25). The van der Waals surface area contributed by atoms with Crippen LogP contribution in [0.3, 0.4) is 0 Å². The van der Waals surface area contributed by atoms with Gasteiger partial charge in [-0.15, -0.1) is 0 Å². The molecule has 0 aliphatic heterocycles. The Kier molecular flexibility index (Phi) is 6.04. The predicted octanol–water partition coefficient (Wildman–Crippen LogP) is 5.01. The van der Waals surface area contributed by atoms with E-state index in [9.17, 15) is 0 Å². The number of hydrogen-bond donors (Lipinski definition) is 2. The van der Waals surface area contributed by atoms with Crippen LogP contribution in [0.2, 0.25) is 0 Å². The maximum absolute atomic E-state index is 4.60. The van der Waals surface area contributed by atoms with Crippen LogP contribution in [0.5, 0.6) is 0 Å². The number of aromatic nitrogens is 2. The number of nitrogens with one attached hydrogen (secondary N) is 2. The van der Waals surface area contributed by atoms with Crippen molar-refractivity contribution in [3.05, 3.63) is 58.8 Å². The summed E-state index contributed by atoms with van der Waals surface area (Å²) in [6.07, 6.45) is 8.70. The number of benzene rings is 1. The van der Waals surface area contributed by atoms with E-state index in [4.69, 9.17) is 0 Å². The van der Waals surface area contributed by atoms with Crippen molar-refractivity contribution in [2.45, 2.75) is 52.5 Å². The van der Waals surface area contributed by atoms with Crippen LogP contribution >= 0.6 is 0 Å². The van der Waals surface area contributed by atoms with Crippen LogP contribution in [0, 0.1) is 13.8 Å². The zero-order valence-electron chi connectivity index (χ0n) is 15.3. The first-order valence-corrected chi connectivity index (χ1v) is 9.26. The van der Waals surface area contributed by atoms with E-state index in [0.29, 0.717) is 5.95 Å². The van der Waals surface area contributed by atoms with Gasteiger partial charge in [-0.2, -0.15) is 4.98 Å². The molecule has 0 unspecified atom stereocenters. The third-order valence-electron chi connectivity index (χ3n) is 4.56. The Morgan fingerprint density at radius 1 is 1.00 bits per heavy atom. The number of aryl methyl sites for hydroxylation is 2. The number of rotatable bonds is 7. The highest BCUT2D eigenvalue weighted by molar-refractivity contribution is 5.42. The molecule has 0 spiro atoms. The summed E-state index contributed by atoms with van der Waals surface area (Å²) in [5.41, 5.74) is 5.06. The summed E-state index contributed by atoms with van der Waals surface area (Å²) in [5.74, 6) is 1.58. The first-order valence-electron chi connectivity index (χ1n) is 9.26. The molecular weight excluding hydrogens is 308 g/mol. The summed E-state index contributed by atoms with van der Waals surface area (Å²) in [6, 6.07) is 10.5. The molecule has 25 heavy (non-hydrogen) atoms. The number of hydrogen-bond acceptors (Lipinski definition) is 4. The Hall–Kier alpha value is -2.36. The zero-order valence-corrected chi connectivity index (χ0v) is 15.3. The van der Waals surface area contributed by atoms with Crippen LogP contribution in [-0.2, 0) is 6.54 Å². The molecule has 1 aliphatic carbocycles. The molecule has 0 amide bonds. The maximum atomic E-state index is 4.60. The molecular formula is C21H28N4. The second kappa shape index (κ2) is 8.65. The van der Waals surface area contributed by atoms with E-state index >= 15 is 0 Å². The van der Waals surface area contributed by atoms with Gasteiger partial charge in [0.15, 0.2) is 0 Å². The van der Waals surface area contributed by atoms with Crippen molar-refractivity contribution in [1.82, 2.24) is 9.97 Å². The van der Waals surface area contributed by atoms with E-state index in [-0.39, 0.29) is 0 Å². The molecule has 4 nitrogen and oxygen atoms in total. The summed E-state index contributed by atoms with van der Waals surface area (Å²) in [5, 5.41) is 6.77. The summed E-state index contributed by atoms with van der Waals surface area (Å²) in [4.78, 5) is 9.09. The molecule has 0 saturated carbocycles. The van der Waals surface area contributed by atoms with Gasteiger partial charge in [0, 0.05) is 24.8 Å².